The van der Waals surface area contributed by atoms with Gasteiger partial charge < -0.3 is 14.8 Å². The molecule has 2 rings (SSSR count). The van der Waals surface area contributed by atoms with Gasteiger partial charge in [-0.15, -0.1) is 0 Å². The van der Waals surface area contributed by atoms with Crippen LogP contribution in [0.15, 0.2) is 48.5 Å². The van der Waals surface area contributed by atoms with E-state index in [2.05, 4.69) is 26.1 Å². The third kappa shape index (κ3) is 6.10. The molecule has 25 heavy (non-hydrogen) atoms. The fourth-order valence-corrected chi connectivity index (χ4v) is 2.29. The van der Waals surface area contributed by atoms with Crippen LogP contribution in [0.4, 0.5) is 4.39 Å². The average molecular weight is 345 g/mol. The molecule has 2 aromatic rings. The molecular weight excluding hydrogens is 321 g/mol. The molecule has 134 valence electrons. The normalized spacial score (nSPS) is 11.0. The van der Waals surface area contributed by atoms with Crippen LogP contribution in [0, 0.1) is 5.82 Å². The highest BCUT2D eigenvalue weighted by Crippen LogP contribution is 2.30. The molecule has 1 amide bonds. The Bertz CT molecular complexity index is 693. The zero-order chi connectivity index (χ0) is 18.3. The predicted octanol–water partition coefficient (Wildman–Crippen LogP) is 3.70. The highest BCUT2D eigenvalue weighted by molar-refractivity contribution is 5.77. The number of carbonyl (C=O) groups excluding carboxylic acids is 1. The molecule has 0 saturated heterocycles. The van der Waals surface area contributed by atoms with Crippen molar-refractivity contribution in [2.75, 3.05) is 19.8 Å². The first-order valence-electron chi connectivity index (χ1n) is 8.23. The zero-order valence-corrected chi connectivity index (χ0v) is 14.8. The van der Waals surface area contributed by atoms with E-state index < -0.39 is 0 Å². The van der Waals surface area contributed by atoms with Gasteiger partial charge in [0.1, 0.15) is 23.9 Å². The van der Waals surface area contributed by atoms with Gasteiger partial charge in [-0.05, 0) is 41.3 Å². The zero-order valence-electron chi connectivity index (χ0n) is 14.8. The lowest BCUT2D eigenvalue weighted by atomic mass is 9.86. The van der Waals surface area contributed by atoms with Crippen molar-refractivity contribution in [3.8, 4) is 11.5 Å². The number of ether oxygens (including phenoxy) is 2. The number of benzene rings is 2. The topological polar surface area (TPSA) is 47.6 Å². The van der Waals surface area contributed by atoms with Crippen molar-refractivity contribution in [1.82, 2.24) is 5.32 Å². The van der Waals surface area contributed by atoms with E-state index in [1.807, 2.05) is 24.3 Å². The van der Waals surface area contributed by atoms with Crippen LogP contribution in [0.2, 0.25) is 0 Å². The summed E-state index contributed by atoms with van der Waals surface area (Å²) in [6.45, 7) is 7.01. The molecule has 0 aliphatic rings. The quantitative estimate of drug-likeness (QED) is 0.779. The van der Waals surface area contributed by atoms with E-state index in [9.17, 15) is 9.18 Å². The second-order valence-electron chi connectivity index (χ2n) is 6.69. The Hall–Kier alpha value is -2.56. The van der Waals surface area contributed by atoms with Crippen LogP contribution < -0.4 is 14.8 Å². The molecule has 0 aliphatic heterocycles. The molecule has 0 aromatic heterocycles. The minimum Gasteiger partial charge on any atom is -0.491 e. The summed E-state index contributed by atoms with van der Waals surface area (Å²) in [6, 6.07) is 13.4. The van der Waals surface area contributed by atoms with Gasteiger partial charge in [0.05, 0.1) is 6.54 Å². The summed E-state index contributed by atoms with van der Waals surface area (Å²) in [7, 11) is 0. The third-order valence-corrected chi connectivity index (χ3v) is 3.56. The van der Waals surface area contributed by atoms with Gasteiger partial charge >= 0.3 is 0 Å². The maximum atomic E-state index is 12.8. The van der Waals surface area contributed by atoms with Crippen molar-refractivity contribution < 1.29 is 18.7 Å². The van der Waals surface area contributed by atoms with Gasteiger partial charge in [0.2, 0.25) is 0 Å². The van der Waals surface area contributed by atoms with Crippen LogP contribution in [-0.2, 0) is 10.2 Å². The molecule has 5 heteroatoms. The smallest absolute Gasteiger partial charge is 0.258 e. The lowest BCUT2D eigenvalue weighted by Gasteiger charge is -2.22. The largest absolute Gasteiger partial charge is 0.491 e. The van der Waals surface area contributed by atoms with Gasteiger partial charge in [-0.2, -0.15) is 0 Å². The summed E-state index contributed by atoms with van der Waals surface area (Å²) < 4.78 is 23.9. The number of para-hydroxylation sites is 1. The number of hydrogen-bond donors (Lipinski definition) is 1. The second kappa shape index (κ2) is 8.51. The fourth-order valence-electron chi connectivity index (χ4n) is 2.29. The van der Waals surface area contributed by atoms with Crippen molar-refractivity contribution in [3.05, 3.63) is 59.9 Å². The van der Waals surface area contributed by atoms with Crippen molar-refractivity contribution in [1.29, 1.82) is 0 Å². The molecule has 0 heterocycles. The molecule has 2 aromatic carbocycles. The summed E-state index contributed by atoms with van der Waals surface area (Å²) in [5, 5.41) is 2.73. The Kier molecular flexibility index (Phi) is 6.39. The molecule has 0 aliphatic carbocycles. The van der Waals surface area contributed by atoms with Crippen LogP contribution >= 0.6 is 0 Å². The van der Waals surface area contributed by atoms with Crippen LogP contribution in [-0.4, -0.2) is 25.7 Å². The van der Waals surface area contributed by atoms with Gasteiger partial charge in [0.25, 0.3) is 5.91 Å². The molecule has 0 atom stereocenters. The van der Waals surface area contributed by atoms with Crippen molar-refractivity contribution in [3.63, 3.8) is 0 Å². The van der Waals surface area contributed by atoms with Crippen LogP contribution in [0.5, 0.6) is 11.5 Å². The van der Waals surface area contributed by atoms with Crippen molar-refractivity contribution in [2.24, 2.45) is 0 Å². The predicted molar refractivity (Wildman–Crippen MR) is 95.5 cm³/mol. The van der Waals surface area contributed by atoms with E-state index in [1.165, 1.54) is 24.3 Å². The summed E-state index contributed by atoms with van der Waals surface area (Å²) >= 11 is 0. The Morgan fingerprint density at radius 2 is 1.72 bits per heavy atom. The van der Waals surface area contributed by atoms with Crippen LogP contribution in [0.3, 0.4) is 0 Å². The van der Waals surface area contributed by atoms with E-state index in [0.717, 1.165) is 11.3 Å². The SMILES string of the molecule is CC(C)(C)c1ccccc1OCCNC(=O)COc1ccc(F)cc1. The Morgan fingerprint density at radius 1 is 1.04 bits per heavy atom. The number of hydrogen-bond acceptors (Lipinski definition) is 3. The highest BCUT2D eigenvalue weighted by atomic mass is 19.1. The second-order valence-corrected chi connectivity index (χ2v) is 6.69. The fraction of sp³-hybridized carbons (Fsp3) is 0.350. The average Bonchev–Trinajstić information content (AvgIpc) is 2.58. The summed E-state index contributed by atoms with van der Waals surface area (Å²) in [4.78, 5) is 11.8. The van der Waals surface area contributed by atoms with Crippen molar-refractivity contribution in [2.45, 2.75) is 26.2 Å². The number of amides is 1. The maximum Gasteiger partial charge on any atom is 0.258 e. The van der Waals surface area contributed by atoms with Crippen LogP contribution in [0.25, 0.3) is 0 Å². The molecule has 1 N–H and O–H groups in total. The lowest BCUT2D eigenvalue weighted by Crippen LogP contribution is -2.32. The number of halogens is 1. The molecule has 0 fully saturated rings. The minimum atomic E-state index is -0.343. The molecule has 0 bridgehead atoms. The number of carbonyl (C=O) groups is 1. The summed E-state index contributed by atoms with van der Waals surface area (Å²) in [6.07, 6.45) is 0. The molecule has 0 saturated carbocycles. The molecule has 0 spiro atoms. The molecule has 0 radical (unpaired) electrons. The third-order valence-electron chi connectivity index (χ3n) is 3.56. The van der Waals surface area contributed by atoms with Crippen molar-refractivity contribution >= 4 is 5.91 Å². The van der Waals surface area contributed by atoms with Gasteiger partial charge in [-0.3, -0.25) is 4.79 Å². The molecule has 4 nitrogen and oxygen atoms in total. The highest BCUT2D eigenvalue weighted by Gasteiger charge is 2.18. The van der Waals surface area contributed by atoms with Gasteiger partial charge in [0.15, 0.2) is 6.61 Å². The summed E-state index contributed by atoms with van der Waals surface area (Å²) in [5.74, 6) is 0.681. The molecule has 0 unspecified atom stereocenters. The van der Waals surface area contributed by atoms with Crippen LogP contribution in [0.1, 0.15) is 26.3 Å². The maximum absolute atomic E-state index is 12.8. The first-order valence-corrected chi connectivity index (χ1v) is 8.23. The van der Waals surface area contributed by atoms with E-state index in [1.54, 1.807) is 0 Å². The van der Waals surface area contributed by atoms with Gasteiger partial charge in [-0.1, -0.05) is 39.0 Å². The molecular formula is C20H24FNO3. The first-order chi connectivity index (χ1) is 11.9. The van der Waals surface area contributed by atoms with E-state index in [0.29, 0.717) is 18.9 Å². The lowest BCUT2D eigenvalue weighted by molar-refractivity contribution is -0.123. The number of nitrogens with one attached hydrogen (secondary N) is 1. The Labute approximate surface area is 148 Å². The van der Waals surface area contributed by atoms with Gasteiger partial charge in [-0.25, -0.2) is 4.39 Å². The Morgan fingerprint density at radius 3 is 2.40 bits per heavy atom. The first kappa shape index (κ1) is 18.8. The minimum absolute atomic E-state index is 0.0111. The summed E-state index contributed by atoms with van der Waals surface area (Å²) in [5.41, 5.74) is 1.11. The van der Waals surface area contributed by atoms with E-state index >= 15 is 0 Å². The standard InChI is InChI=1S/C20H24FNO3/c1-20(2,3)17-6-4-5-7-18(17)24-13-12-22-19(23)14-25-16-10-8-15(21)9-11-16/h4-11H,12-14H2,1-3H3,(H,22,23). The monoisotopic (exact) mass is 345 g/mol. The van der Waals surface area contributed by atoms with Gasteiger partial charge in [0, 0.05) is 0 Å². The van der Waals surface area contributed by atoms with E-state index in [-0.39, 0.29) is 23.7 Å². The number of rotatable bonds is 7. The Balaban J connectivity index is 1.72. The van der Waals surface area contributed by atoms with E-state index in [4.69, 9.17) is 9.47 Å².